The summed E-state index contributed by atoms with van der Waals surface area (Å²) in [5.41, 5.74) is 10.3. The molecule has 0 unspecified atom stereocenters. The number of allylic oxidation sites excluding steroid dienone is 3. The molecule has 0 atom stereocenters. The molecule has 0 bridgehead atoms. The van der Waals surface area contributed by atoms with Crippen LogP contribution >= 0.6 is 0 Å². The summed E-state index contributed by atoms with van der Waals surface area (Å²) >= 11 is 0. The Labute approximate surface area is 211 Å². The molecule has 3 rings (SSSR count). The second kappa shape index (κ2) is 12.5. The van der Waals surface area contributed by atoms with Crippen molar-refractivity contribution in [2.45, 2.75) is 47.1 Å². The van der Waals surface area contributed by atoms with Crippen molar-refractivity contribution in [3.05, 3.63) is 76.8 Å². The molecule has 0 radical (unpaired) electrons. The molecule has 190 valence electrons. The molecule has 2 amide bonds. The summed E-state index contributed by atoms with van der Waals surface area (Å²) in [6.07, 6.45) is 3.34. The molecule has 0 fully saturated rings. The normalized spacial score (nSPS) is 12.3. The van der Waals surface area contributed by atoms with E-state index in [1.165, 1.54) is 10.5 Å². The van der Waals surface area contributed by atoms with Crippen LogP contribution < -0.4 is 16.4 Å². The van der Waals surface area contributed by atoms with Crippen LogP contribution in [0.2, 0.25) is 0 Å². The van der Waals surface area contributed by atoms with Crippen LogP contribution in [0.4, 0.5) is 5.82 Å². The molecule has 5 N–H and O–H groups in total. The van der Waals surface area contributed by atoms with Crippen LogP contribution in [0, 0.1) is 0 Å². The molecule has 0 aliphatic heterocycles. The minimum atomic E-state index is -0.286. The topological polar surface area (TPSA) is 129 Å². The summed E-state index contributed by atoms with van der Waals surface area (Å²) in [6, 6.07) is 13.7. The van der Waals surface area contributed by atoms with Gasteiger partial charge in [0, 0.05) is 12.2 Å². The van der Waals surface area contributed by atoms with Gasteiger partial charge in [-0.3, -0.25) is 14.7 Å². The van der Waals surface area contributed by atoms with Crippen LogP contribution in [-0.4, -0.2) is 45.0 Å². The van der Waals surface area contributed by atoms with Crippen LogP contribution in [0.5, 0.6) is 0 Å². The number of carbonyl (C=O) groups is 2. The van der Waals surface area contributed by atoms with E-state index in [1.54, 1.807) is 6.07 Å². The molecule has 0 aliphatic carbocycles. The van der Waals surface area contributed by atoms with E-state index in [0.717, 1.165) is 23.8 Å². The van der Waals surface area contributed by atoms with Gasteiger partial charge in [0.15, 0.2) is 5.65 Å². The number of nitrogens with zero attached hydrogens (tertiary/aromatic N) is 3. The average Bonchev–Trinajstić information content (AvgIpc) is 3.27. The second-order valence-electron chi connectivity index (χ2n) is 8.58. The maximum atomic E-state index is 13.6. The number of carbonyl (C=O) groups excluding carboxylic acids is 2. The number of H-pyrrole nitrogens is 1. The summed E-state index contributed by atoms with van der Waals surface area (Å²) < 4.78 is 0. The smallest absolute Gasteiger partial charge is 0.274 e. The highest BCUT2D eigenvalue weighted by Gasteiger charge is 2.23. The molecular formula is C27H35N7O2. The molecule has 3 aromatic rings. The Kier molecular flexibility index (Phi) is 9.21. The van der Waals surface area contributed by atoms with Crippen molar-refractivity contribution < 1.29 is 9.59 Å². The SMILES string of the molecule is C/C=C(/C)N(CC(=O)NCc1ccc2c(N)[nH]nc2n1)C(=O)/C(NCCc1ccccc1)=C(\C)CC. The maximum Gasteiger partial charge on any atom is 0.274 e. The highest BCUT2D eigenvalue weighted by Crippen LogP contribution is 2.16. The van der Waals surface area contributed by atoms with Gasteiger partial charge >= 0.3 is 0 Å². The number of fused-ring (bicyclic) bond motifs is 1. The predicted octanol–water partition coefficient (Wildman–Crippen LogP) is 3.42. The number of nitrogen functional groups attached to an aromatic ring is 1. The molecule has 9 nitrogen and oxygen atoms in total. The standard InChI is InChI=1S/C27H35N7O2/c1-5-18(3)24(29-15-14-20-10-8-7-9-11-20)27(36)34(19(4)6-2)17-23(35)30-16-21-12-13-22-25(28)32-33-26(22)31-21/h6-13,29H,5,14-17H2,1-4H3,(H,30,35)(H3,28,31,32,33)/b19-6-,24-18-. The quantitative estimate of drug-likeness (QED) is 0.306. The summed E-state index contributed by atoms with van der Waals surface area (Å²) in [6.45, 7) is 8.35. The number of aromatic amines is 1. The monoisotopic (exact) mass is 489 g/mol. The van der Waals surface area contributed by atoms with E-state index in [9.17, 15) is 9.59 Å². The van der Waals surface area contributed by atoms with Gasteiger partial charge in [0.1, 0.15) is 12.4 Å². The molecule has 36 heavy (non-hydrogen) atoms. The summed E-state index contributed by atoms with van der Waals surface area (Å²) in [7, 11) is 0. The number of nitrogens with two attached hydrogens (primary N) is 1. The molecule has 0 saturated heterocycles. The van der Waals surface area contributed by atoms with E-state index in [0.29, 0.717) is 35.1 Å². The van der Waals surface area contributed by atoms with Gasteiger partial charge in [-0.05, 0) is 56.9 Å². The molecule has 2 aromatic heterocycles. The fraction of sp³-hybridized carbons (Fsp3) is 0.333. The van der Waals surface area contributed by atoms with Crippen LogP contribution in [0.1, 0.15) is 45.4 Å². The lowest BCUT2D eigenvalue weighted by molar-refractivity contribution is -0.131. The van der Waals surface area contributed by atoms with Crippen molar-refractivity contribution in [2.24, 2.45) is 0 Å². The first-order chi connectivity index (χ1) is 17.3. The Balaban J connectivity index is 1.67. The number of rotatable bonds is 11. The Hall–Kier alpha value is -4.14. The highest BCUT2D eigenvalue weighted by atomic mass is 16.2. The number of anilines is 1. The van der Waals surface area contributed by atoms with Crippen LogP contribution in [0.15, 0.2) is 65.5 Å². The minimum absolute atomic E-state index is 0.104. The first kappa shape index (κ1) is 26.5. The first-order valence-electron chi connectivity index (χ1n) is 12.1. The number of pyridine rings is 1. The largest absolute Gasteiger partial charge is 0.384 e. The van der Waals surface area contributed by atoms with Crippen molar-refractivity contribution in [3.63, 3.8) is 0 Å². The van der Waals surface area contributed by atoms with Crippen LogP contribution in [0.25, 0.3) is 11.0 Å². The van der Waals surface area contributed by atoms with E-state index in [4.69, 9.17) is 5.73 Å². The van der Waals surface area contributed by atoms with Gasteiger partial charge in [-0.1, -0.05) is 43.3 Å². The summed E-state index contributed by atoms with van der Waals surface area (Å²) in [5.74, 6) is -0.0573. The van der Waals surface area contributed by atoms with Crippen molar-refractivity contribution in [1.29, 1.82) is 0 Å². The third-order valence-electron chi connectivity index (χ3n) is 6.09. The molecule has 1 aromatic carbocycles. The zero-order valence-corrected chi connectivity index (χ0v) is 21.4. The molecule has 9 heteroatoms. The lowest BCUT2D eigenvalue weighted by Crippen LogP contribution is -2.42. The van der Waals surface area contributed by atoms with Crippen molar-refractivity contribution in [3.8, 4) is 0 Å². The lowest BCUT2D eigenvalue weighted by atomic mass is 10.1. The number of benzene rings is 1. The van der Waals surface area contributed by atoms with E-state index in [-0.39, 0.29) is 24.9 Å². The lowest BCUT2D eigenvalue weighted by Gasteiger charge is -2.26. The van der Waals surface area contributed by atoms with Gasteiger partial charge in [-0.2, -0.15) is 5.10 Å². The van der Waals surface area contributed by atoms with E-state index < -0.39 is 0 Å². The minimum Gasteiger partial charge on any atom is -0.384 e. The van der Waals surface area contributed by atoms with E-state index >= 15 is 0 Å². The van der Waals surface area contributed by atoms with Crippen molar-refractivity contribution >= 4 is 28.7 Å². The Morgan fingerprint density at radius 2 is 1.86 bits per heavy atom. The molecular weight excluding hydrogens is 454 g/mol. The third kappa shape index (κ3) is 6.71. The molecule has 0 saturated carbocycles. The fourth-order valence-corrected chi connectivity index (χ4v) is 3.65. The van der Waals surface area contributed by atoms with Crippen LogP contribution in [-0.2, 0) is 22.6 Å². The Morgan fingerprint density at radius 3 is 2.56 bits per heavy atom. The number of amides is 2. The van der Waals surface area contributed by atoms with Gasteiger partial charge in [0.2, 0.25) is 5.91 Å². The number of hydrogen-bond acceptors (Lipinski definition) is 6. The van der Waals surface area contributed by atoms with Crippen LogP contribution in [0.3, 0.4) is 0 Å². The van der Waals surface area contributed by atoms with Crippen molar-refractivity contribution in [1.82, 2.24) is 30.7 Å². The molecule has 2 heterocycles. The zero-order valence-electron chi connectivity index (χ0n) is 21.4. The zero-order chi connectivity index (χ0) is 26.1. The molecule has 0 spiro atoms. The Bertz CT molecular complexity index is 1260. The fourth-order valence-electron chi connectivity index (χ4n) is 3.65. The third-order valence-corrected chi connectivity index (χ3v) is 6.09. The predicted molar refractivity (Wildman–Crippen MR) is 142 cm³/mol. The second-order valence-corrected chi connectivity index (χ2v) is 8.58. The average molecular weight is 490 g/mol. The van der Waals surface area contributed by atoms with Gasteiger partial charge in [0.05, 0.1) is 23.3 Å². The molecule has 0 aliphatic rings. The van der Waals surface area contributed by atoms with E-state index in [2.05, 4.69) is 37.9 Å². The Morgan fingerprint density at radius 1 is 1.11 bits per heavy atom. The summed E-state index contributed by atoms with van der Waals surface area (Å²) in [5, 5.41) is 13.7. The number of hydrogen-bond donors (Lipinski definition) is 4. The summed E-state index contributed by atoms with van der Waals surface area (Å²) in [4.78, 5) is 32.3. The van der Waals surface area contributed by atoms with Crippen molar-refractivity contribution in [2.75, 3.05) is 18.8 Å². The first-order valence-corrected chi connectivity index (χ1v) is 12.1. The van der Waals surface area contributed by atoms with Gasteiger partial charge < -0.3 is 21.3 Å². The number of aromatic nitrogens is 3. The van der Waals surface area contributed by atoms with E-state index in [1.807, 2.05) is 58.0 Å². The highest BCUT2D eigenvalue weighted by molar-refractivity contribution is 5.97. The van der Waals surface area contributed by atoms with Gasteiger partial charge in [0.25, 0.3) is 5.91 Å². The van der Waals surface area contributed by atoms with Gasteiger partial charge in [-0.15, -0.1) is 0 Å². The number of nitrogens with one attached hydrogen (secondary N) is 3. The maximum absolute atomic E-state index is 13.6. The van der Waals surface area contributed by atoms with Gasteiger partial charge in [-0.25, -0.2) is 4.98 Å².